The third kappa shape index (κ3) is 5.49. The number of hydrogen-bond donors (Lipinski definition) is 1. The van der Waals surface area contributed by atoms with Crippen molar-refractivity contribution in [2.24, 2.45) is 0 Å². The van der Waals surface area contributed by atoms with Crippen molar-refractivity contribution in [2.75, 3.05) is 27.3 Å². The van der Waals surface area contributed by atoms with Crippen LogP contribution in [-0.2, 0) is 11.3 Å². The number of hydrogen-bond acceptors (Lipinski definition) is 4. The van der Waals surface area contributed by atoms with Gasteiger partial charge in [0.25, 0.3) is 0 Å². The maximum Gasteiger partial charge on any atom is 0.236 e. The van der Waals surface area contributed by atoms with Crippen molar-refractivity contribution < 1.29 is 14.3 Å². The molecular weight excluding hydrogens is 328 g/mol. The number of rotatable bonds is 9. The van der Waals surface area contributed by atoms with Gasteiger partial charge in [-0.1, -0.05) is 30.3 Å². The summed E-state index contributed by atoms with van der Waals surface area (Å²) < 4.78 is 10.8. The van der Waals surface area contributed by atoms with Gasteiger partial charge >= 0.3 is 0 Å². The standard InChI is InChI=1S/C21H28N2O3/c1-5-26-18-12-10-17(11-13-18)15-23(3)21(24)14-22-16(2)19-8-6-7-9-20(19)25-4/h6-13,16,22H,5,14-15H2,1-4H3. The minimum atomic E-state index is 0.0222. The molecule has 0 saturated heterocycles. The van der Waals surface area contributed by atoms with Crippen molar-refractivity contribution in [2.45, 2.75) is 26.4 Å². The van der Waals surface area contributed by atoms with E-state index >= 15 is 0 Å². The molecule has 1 atom stereocenters. The Balaban J connectivity index is 1.86. The average molecular weight is 356 g/mol. The molecule has 0 aliphatic carbocycles. The fraction of sp³-hybridized carbons (Fsp3) is 0.381. The Hall–Kier alpha value is -2.53. The number of para-hydroxylation sites is 1. The molecule has 140 valence electrons. The zero-order chi connectivity index (χ0) is 18.9. The van der Waals surface area contributed by atoms with Gasteiger partial charge in [-0.25, -0.2) is 0 Å². The molecule has 2 rings (SSSR count). The van der Waals surface area contributed by atoms with Crippen molar-refractivity contribution >= 4 is 5.91 Å². The smallest absolute Gasteiger partial charge is 0.236 e. The molecule has 1 unspecified atom stereocenters. The largest absolute Gasteiger partial charge is 0.496 e. The third-order valence-electron chi connectivity index (χ3n) is 4.24. The van der Waals surface area contributed by atoms with Crippen LogP contribution in [-0.4, -0.2) is 38.1 Å². The van der Waals surface area contributed by atoms with Crippen molar-refractivity contribution in [3.05, 3.63) is 59.7 Å². The molecule has 0 aromatic heterocycles. The zero-order valence-electron chi connectivity index (χ0n) is 16.0. The Morgan fingerprint density at radius 3 is 2.50 bits per heavy atom. The molecule has 0 bridgehead atoms. The van der Waals surface area contributed by atoms with Gasteiger partial charge in [0, 0.05) is 25.2 Å². The lowest BCUT2D eigenvalue weighted by atomic mass is 10.1. The van der Waals surface area contributed by atoms with E-state index in [1.807, 2.05) is 69.4 Å². The number of nitrogens with zero attached hydrogens (tertiary/aromatic N) is 1. The van der Waals surface area contributed by atoms with E-state index in [-0.39, 0.29) is 18.5 Å². The van der Waals surface area contributed by atoms with Gasteiger partial charge in [0.2, 0.25) is 5.91 Å². The second kappa shape index (κ2) is 9.82. The lowest BCUT2D eigenvalue weighted by Crippen LogP contribution is -2.36. The summed E-state index contributed by atoms with van der Waals surface area (Å²) in [6.07, 6.45) is 0. The monoisotopic (exact) mass is 356 g/mol. The van der Waals surface area contributed by atoms with Crippen LogP contribution in [0.3, 0.4) is 0 Å². The normalized spacial score (nSPS) is 11.7. The Morgan fingerprint density at radius 2 is 1.85 bits per heavy atom. The van der Waals surface area contributed by atoms with E-state index < -0.39 is 0 Å². The topological polar surface area (TPSA) is 50.8 Å². The van der Waals surface area contributed by atoms with Crippen LogP contribution in [0.15, 0.2) is 48.5 Å². The zero-order valence-corrected chi connectivity index (χ0v) is 16.0. The molecule has 26 heavy (non-hydrogen) atoms. The molecule has 0 aliphatic heterocycles. The van der Waals surface area contributed by atoms with E-state index in [1.54, 1.807) is 12.0 Å². The molecule has 0 aliphatic rings. The molecular formula is C21H28N2O3. The number of carbonyl (C=O) groups is 1. The van der Waals surface area contributed by atoms with Crippen molar-refractivity contribution in [3.8, 4) is 11.5 Å². The van der Waals surface area contributed by atoms with Crippen LogP contribution in [0.2, 0.25) is 0 Å². The van der Waals surface area contributed by atoms with Gasteiger partial charge in [0.15, 0.2) is 0 Å². The first kappa shape index (κ1) is 19.8. The van der Waals surface area contributed by atoms with Crippen molar-refractivity contribution in [1.82, 2.24) is 10.2 Å². The van der Waals surface area contributed by atoms with Crippen LogP contribution in [0, 0.1) is 0 Å². The quantitative estimate of drug-likeness (QED) is 0.748. The second-order valence-electron chi connectivity index (χ2n) is 6.17. The SMILES string of the molecule is CCOc1ccc(CN(C)C(=O)CNC(C)c2ccccc2OC)cc1. The summed E-state index contributed by atoms with van der Waals surface area (Å²) in [5.41, 5.74) is 2.11. The van der Waals surface area contributed by atoms with E-state index in [1.165, 1.54) is 0 Å². The maximum atomic E-state index is 12.4. The third-order valence-corrected chi connectivity index (χ3v) is 4.24. The number of amides is 1. The average Bonchev–Trinajstić information content (AvgIpc) is 2.67. The molecule has 0 radical (unpaired) electrons. The Labute approximate surface area is 155 Å². The first-order valence-electron chi connectivity index (χ1n) is 8.87. The molecule has 0 heterocycles. The number of methoxy groups -OCH3 is 1. The highest BCUT2D eigenvalue weighted by Crippen LogP contribution is 2.24. The maximum absolute atomic E-state index is 12.4. The fourth-order valence-corrected chi connectivity index (χ4v) is 2.73. The molecule has 1 N–H and O–H groups in total. The molecule has 0 saturated carbocycles. The number of ether oxygens (including phenoxy) is 2. The van der Waals surface area contributed by atoms with Gasteiger partial charge in [-0.2, -0.15) is 0 Å². The Bertz CT molecular complexity index is 701. The highest BCUT2D eigenvalue weighted by molar-refractivity contribution is 5.78. The molecule has 0 fully saturated rings. The molecule has 1 amide bonds. The predicted octanol–water partition coefficient (Wildman–Crippen LogP) is 3.40. The van der Waals surface area contributed by atoms with Gasteiger partial charge in [-0.15, -0.1) is 0 Å². The highest BCUT2D eigenvalue weighted by atomic mass is 16.5. The molecule has 0 spiro atoms. The minimum Gasteiger partial charge on any atom is -0.496 e. The van der Waals surface area contributed by atoms with Crippen LogP contribution in [0.4, 0.5) is 0 Å². The van der Waals surface area contributed by atoms with Crippen LogP contribution in [0.25, 0.3) is 0 Å². The summed E-state index contributed by atoms with van der Waals surface area (Å²) in [5.74, 6) is 1.71. The summed E-state index contributed by atoms with van der Waals surface area (Å²) in [6, 6.07) is 15.7. The van der Waals surface area contributed by atoms with E-state index in [4.69, 9.17) is 9.47 Å². The van der Waals surface area contributed by atoms with E-state index in [0.717, 1.165) is 22.6 Å². The number of nitrogens with one attached hydrogen (secondary N) is 1. The van der Waals surface area contributed by atoms with Crippen molar-refractivity contribution in [1.29, 1.82) is 0 Å². The second-order valence-corrected chi connectivity index (χ2v) is 6.17. The minimum absolute atomic E-state index is 0.0222. The first-order valence-corrected chi connectivity index (χ1v) is 8.87. The first-order chi connectivity index (χ1) is 12.5. The Morgan fingerprint density at radius 1 is 1.15 bits per heavy atom. The van der Waals surface area contributed by atoms with Crippen LogP contribution in [0.1, 0.15) is 31.0 Å². The van der Waals surface area contributed by atoms with Gasteiger partial charge in [-0.05, 0) is 37.6 Å². The van der Waals surface area contributed by atoms with E-state index in [0.29, 0.717) is 13.2 Å². The number of benzene rings is 2. The van der Waals surface area contributed by atoms with E-state index in [2.05, 4.69) is 5.32 Å². The highest BCUT2D eigenvalue weighted by Gasteiger charge is 2.14. The lowest BCUT2D eigenvalue weighted by molar-refractivity contribution is -0.129. The van der Waals surface area contributed by atoms with Gasteiger partial charge in [0.05, 0.1) is 20.3 Å². The summed E-state index contributed by atoms with van der Waals surface area (Å²) in [6.45, 7) is 5.47. The van der Waals surface area contributed by atoms with Gasteiger partial charge in [0.1, 0.15) is 11.5 Å². The summed E-state index contributed by atoms with van der Waals surface area (Å²) >= 11 is 0. The molecule has 5 heteroatoms. The summed E-state index contributed by atoms with van der Waals surface area (Å²) in [7, 11) is 3.47. The molecule has 2 aromatic carbocycles. The van der Waals surface area contributed by atoms with Gasteiger partial charge < -0.3 is 19.7 Å². The van der Waals surface area contributed by atoms with Crippen LogP contribution in [0.5, 0.6) is 11.5 Å². The van der Waals surface area contributed by atoms with Crippen LogP contribution < -0.4 is 14.8 Å². The van der Waals surface area contributed by atoms with E-state index in [9.17, 15) is 4.79 Å². The van der Waals surface area contributed by atoms with Crippen molar-refractivity contribution in [3.63, 3.8) is 0 Å². The van der Waals surface area contributed by atoms with Crippen LogP contribution >= 0.6 is 0 Å². The number of likely N-dealkylation sites (N-methyl/N-ethyl adjacent to an activating group) is 1. The molecule has 2 aromatic rings. The van der Waals surface area contributed by atoms with Gasteiger partial charge in [-0.3, -0.25) is 4.79 Å². The predicted molar refractivity (Wildman–Crippen MR) is 103 cm³/mol. The molecule has 5 nitrogen and oxygen atoms in total. The Kier molecular flexibility index (Phi) is 7.48. The lowest BCUT2D eigenvalue weighted by Gasteiger charge is -2.21. The number of carbonyl (C=O) groups excluding carboxylic acids is 1. The summed E-state index contributed by atoms with van der Waals surface area (Å²) in [4.78, 5) is 14.1. The summed E-state index contributed by atoms with van der Waals surface area (Å²) in [5, 5.41) is 3.27. The fourth-order valence-electron chi connectivity index (χ4n) is 2.73.